The van der Waals surface area contributed by atoms with Gasteiger partial charge in [-0.2, -0.15) is 0 Å². The lowest BCUT2D eigenvalue weighted by Crippen LogP contribution is -2.24. The first kappa shape index (κ1) is 14.3. The summed E-state index contributed by atoms with van der Waals surface area (Å²) in [7, 11) is 1.96. The molecule has 0 aliphatic heterocycles. The van der Waals surface area contributed by atoms with Crippen LogP contribution in [0.4, 0.5) is 0 Å². The number of benzene rings is 2. The van der Waals surface area contributed by atoms with Crippen LogP contribution in [-0.2, 0) is 24.8 Å². The summed E-state index contributed by atoms with van der Waals surface area (Å²) in [5.41, 5.74) is 5.30. The molecule has 0 saturated heterocycles. The zero-order chi connectivity index (χ0) is 15.5. The third kappa shape index (κ3) is 3.17. The average Bonchev–Trinajstić information content (AvgIpc) is 2.86. The van der Waals surface area contributed by atoms with E-state index in [1.807, 2.05) is 54.9 Å². The van der Waals surface area contributed by atoms with Crippen molar-refractivity contribution in [3.8, 4) is 0 Å². The van der Waals surface area contributed by atoms with Crippen molar-refractivity contribution in [2.24, 2.45) is 7.05 Å². The Morgan fingerprint density at radius 2 is 2.05 bits per heavy atom. The minimum Gasteiger partial charge on any atom is -0.352 e. The van der Waals surface area contributed by atoms with Gasteiger partial charge in [0, 0.05) is 13.6 Å². The first-order valence-electron chi connectivity index (χ1n) is 7.34. The lowest BCUT2D eigenvalue weighted by atomic mass is 10.1. The van der Waals surface area contributed by atoms with Crippen molar-refractivity contribution < 1.29 is 4.79 Å². The number of aromatic nitrogens is 2. The molecule has 0 atom stereocenters. The van der Waals surface area contributed by atoms with Crippen LogP contribution in [0.15, 0.2) is 48.8 Å². The van der Waals surface area contributed by atoms with Crippen molar-refractivity contribution in [1.29, 1.82) is 0 Å². The number of carbonyl (C=O) groups is 1. The van der Waals surface area contributed by atoms with Gasteiger partial charge in [-0.15, -0.1) is 0 Å². The summed E-state index contributed by atoms with van der Waals surface area (Å²) in [6.45, 7) is 2.61. The van der Waals surface area contributed by atoms with Crippen LogP contribution in [0.25, 0.3) is 11.0 Å². The Hall–Kier alpha value is -2.62. The van der Waals surface area contributed by atoms with E-state index in [1.165, 1.54) is 5.56 Å². The number of imidazole rings is 1. The van der Waals surface area contributed by atoms with Crippen LogP contribution in [0, 0.1) is 6.92 Å². The molecule has 4 nitrogen and oxygen atoms in total. The van der Waals surface area contributed by atoms with Crippen molar-refractivity contribution in [2.75, 3.05) is 0 Å². The Morgan fingerprint density at radius 3 is 2.86 bits per heavy atom. The normalized spacial score (nSPS) is 10.8. The number of aryl methyl sites for hydroxylation is 2. The van der Waals surface area contributed by atoms with E-state index in [4.69, 9.17) is 0 Å². The highest BCUT2D eigenvalue weighted by atomic mass is 16.1. The van der Waals surface area contributed by atoms with Gasteiger partial charge in [-0.25, -0.2) is 4.98 Å². The number of rotatable bonds is 4. The van der Waals surface area contributed by atoms with Crippen molar-refractivity contribution in [2.45, 2.75) is 19.9 Å². The quantitative estimate of drug-likeness (QED) is 0.804. The fourth-order valence-electron chi connectivity index (χ4n) is 2.56. The van der Waals surface area contributed by atoms with Crippen molar-refractivity contribution >= 4 is 16.9 Å². The van der Waals surface area contributed by atoms with E-state index in [1.54, 1.807) is 6.33 Å². The summed E-state index contributed by atoms with van der Waals surface area (Å²) in [5.74, 6) is 0.0248. The van der Waals surface area contributed by atoms with Crippen LogP contribution in [0.5, 0.6) is 0 Å². The summed E-state index contributed by atoms with van der Waals surface area (Å²) in [5, 5.41) is 2.96. The van der Waals surface area contributed by atoms with Gasteiger partial charge in [0.1, 0.15) is 0 Å². The van der Waals surface area contributed by atoms with Gasteiger partial charge in [0.15, 0.2) is 0 Å². The summed E-state index contributed by atoms with van der Waals surface area (Å²) >= 11 is 0. The van der Waals surface area contributed by atoms with Crippen LogP contribution >= 0.6 is 0 Å². The standard InChI is InChI=1S/C18H19N3O/c1-13-4-3-5-15(8-13)11-19-18(22)10-14-6-7-17-16(9-14)20-12-21(17)2/h3-9,12H,10-11H2,1-2H3,(H,19,22). The zero-order valence-electron chi connectivity index (χ0n) is 12.8. The van der Waals surface area contributed by atoms with Crippen LogP contribution in [-0.4, -0.2) is 15.5 Å². The molecule has 1 N–H and O–H groups in total. The topological polar surface area (TPSA) is 46.9 Å². The van der Waals surface area contributed by atoms with Crippen molar-refractivity contribution in [3.63, 3.8) is 0 Å². The van der Waals surface area contributed by atoms with Gasteiger partial charge in [-0.3, -0.25) is 4.79 Å². The molecule has 112 valence electrons. The Morgan fingerprint density at radius 1 is 1.18 bits per heavy atom. The molecular weight excluding hydrogens is 274 g/mol. The summed E-state index contributed by atoms with van der Waals surface area (Å²) in [6.07, 6.45) is 2.16. The monoisotopic (exact) mass is 293 g/mol. The highest BCUT2D eigenvalue weighted by Crippen LogP contribution is 2.14. The molecule has 3 aromatic rings. The minimum atomic E-state index is 0.0248. The number of carbonyl (C=O) groups excluding carboxylic acids is 1. The molecule has 1 amide bonds. The van der Waals surface area contributed by atoms with E-state index in [0.717, 1.165) is 22.2 Å². The molecule has 0 aliphatic carbocycles. The predicted octanol–water partition coefficient (Wildman–Crippen LogP) is 2.74. The molecule has 22 heavy (non-hydrogen) atoms. The molecule has 0 fully saturated rings. The molecule has 1 heterocycles. The first-order valence-corrected chi connectivity index (χ1v) is 7.34. The highest BCUT2D eigenvalue weighted by molar-refractivity contribution is 5.81. The Labute approximate surface area is 129 Å². The Kier molecular flexibility index (Phi) is 3.92. The SMILES string of the molecule is Cc1cccc(CNC(=O)Cc2ccc3c(c2)ncn3C)c1. The van der Waals surface area contributed by atoms with Gasteiger partial charge in [-0.05, 0) is 30.2 Å². The van der Waals surface area contributed by atoms with Gasteiger partial charge < -0.3 is 9.88 Å². The first-order chi connectivity index (χ1) is 10.6. The molecule has 0 unspecified atom stereocenters. The molecule has 3 rings (SSSR count). The fraction of sp³-hybridized carbons (Fsp3) is 0.222. The summed E-state index contributed by atoms with van der Waals surface area (Å²) < 4.78 is 1.97. The predicted molar refractivity (Wildman–Crippen MR) is 87.4 cm³/mol. The number of amides is 1. The third-order valence-corrected chi connectivity index (χ3v) is 3.73. The molecule has 0 radical (unpaired) electrons. The Bertz CT molecular complexity index is 820. The minimum absolute atomic E-state index is 0.0248. The number of hydrogen-bond acceptors (Lipinski definition) is 2. The highest BCUT2D eigenvalue weighted by Gasteiger charge is 2.06. The van der Waals surface area contributed by atoms with Gasteiger partial charge in [0.25, 0.3) is 0 Å². The summed E-state index contributed by atoms with van der Waals surface area (Å²) in [6, 6.07) is 14.1. The second-order valence-corrected chi connectivity index (χ2v) is 5.62. The largest absolute Gasteiger partial charge is 0.352 e. The van der Waals surface area contributed by atoms with E-state index in [9.17, 15) is 4.79 Å². The van der Waals surface area contributed by atoms with Crippen LogP contribution in [0.2, 0.25) is 0 Å². The van der Waals surface area contributed by atoms with E-state index < -0.39 is 0 Å². The molecule has 1 aromatic heterocycles. The molecule has 0 spiro atoms. The lowest BCUT2D eigenvalue weighted by Gasteiger charge is -2.06. The number of nitrogens with one attached hydrogen (secondary N) is 1. The maximum atomic E-state index is 12.1. The fourth-order valence-corrected chi connectivity index (χ4v) is 2.56. The van der Waals surface area contributed by atoms with Gasteiger partial charge >= 0.3 is 0 Å². The number of nitrogens with zero attached hydrogens (tertiary/aromatic N) is 2. The van der Waals surface area contributed by atoms with E-state index >= 15 is 0 Å². The van der Waals surface area contributed by atoms with E-state index in [2.05, 4.69) is 16.4 Å². The van der Waals surface area contributed by atoms with Gasteiger partial charge in [0.05, 0.1) is 23.8 Å². The summed E-state index contributed by atoms with van der Waals surface area (Å²) in [4.78, 5) is 16.4. The van der Waals surface area contributed by atoms with Crippen molar-refractivity contribution in [3.05, 3.63) is 65.5 Å². The molecule has 4 heteroatoms. The molecule has 0 aliphatic rings. The Balaban J connectivity index is 1.63. The zero-order valence-corrected chi connectivity index (χ0v) is 12.8. The second kappa shape index (κ2) is 6.02. The molecular formula is C18H19N3O. The second-order valence-electron chi connectivity index (χ2n) is 5.62. The van der Waals surface area contributed by atoms with E-state index in [0.29, 0.717) is 13.0 Å². The van der Waals surface area contributed by atoms with Crippen LogP contribution in [0.1, 0.15) is 16.7 Å². The molecule has 2 aromatic carbocycles. The molecule has 0 bridgehead atoms. The third-order valence-electron chi connectivity index (χ3n) is 3.73. The van der Waals surface area contributed by atoms with Gasteiger partial charge in [-0.1, -0.05) is 35.9 Å². The lowest BCUT2D eigenvalue weighted by molar-refractivity contribution is -0.120. The van der Waals surface area contributed by atoms with Crippen molar-refractivity contribution in [1.82, 2.24) is 14.9 Å². The van der Waals surface area contributed by atoms with E-state index in [-0.39, 0.29) is 5.91 Å². The molecule has 0 saturated carbocycles. The average molecular weight is 293 g/mol. The number of fused-ring (bicyclic) bond motifs is 1. The van der Waals surface area contributed by atoms with Crippen LogP contribution < -0.4 is 5.32 Å². The maximum absolute atomic E-state index is 12.1. The van der Waals surface area contributed by atoms with Gasteiger partial charge in [0.2, 0.25) is 5.91 Å². The number of hydrogen-bond donors (Lipinski definition) is 1. The van der Waals surface area contributed by atoms with Crippen LogP contribution in [0.3, 0.4) is 0 Å². The maximum Gasteiger partial charge on any atom is 0.224 e. The smallest absolute Gasteiger partial charge is 0.224 e.